The molecule has 0 saturated carbocycles. The summed E-state index contributed by atoms with van der Waals surface area (Å²) in [5.74, 6) is -0.692. The minimum Gasteiger partial charge on any atom is -0.493 e. The van der Waals surface area contributed by atoms with Gasteiger partial charge in [-0.05, 0) is 54.3 Å². The van der Waals surface area contributed by atoms with Crippen LogP contribution < -0.4 is 14.8 Å². The van der Waals surface area contributed by atoms with Crippen LogP contribution in [0.1, 0.15) is 35.2 Å². The maximum atomic E-state index is 14.1. The minimum atomic E-state index is -0.719. The van der Waals surface area contributed by atoms with Crippen LogP contribution in [0.3, 0.4) is 0 Å². The molecule has 0 fully saturated rings. The number of benzene rings is 3. The number of carbonyl (C=O) groups is 3. The Morgan fingerprint density at radius 1 is 1.00 bits per heavy atom. The molecular formula is C38H37N3O5S. The predicted octanol–water partition coefficient (Wildman–Crippen LogP) is 6.83. The molecule has 3 aromatic carbocycles. The molecule has 240 valence electrons. The number of methoxy groups -OCH3 is 2. The molecule has 3 amide bonds. The van der Waals surface area contributed by atoms with E-state index in [4.69, 9.17) is 9.47 Å². The number of rotatable bonds is 13. The maximum Gasteiger partial charge on any atom is 0.285 e. The van der Waals surface area contributed by atoms with Crippen molar-refractivity contribution in [2.75, 3.05) is 20.0 Å². The SMILES string of the molecule is C=C/C=C\C(=C/C)N1C(=O)/C(=C/c2cc(CC=C)c(OC)c(OC)c2)C(=O)N=C1SCC(=O)NC(c1ccccc1)c1ccccc1. The van der Waals surface area contributed by atoms with E-state index in [0.29, 0.717) is 29.2 Å². The largest absolute Gasteiger partial charge is 0.493 e. The summed E-state index contributed by atoms with van der Waals surface area (Å²) in [7, 11) is 3.06. The van der Waals surface area contributed by atoms with Gasteiger partial charge in [0.05, 0.1) is 26.0 Å². The Labute approximate surface area is 279 Å². The highest BCUT2D eigenvalue weighted by atomic mass is 32.2. The highest BCUT2D eigenvalue weighted by Crippen LogP contribution is 2.35. The molecule has 4 rings (SSSR count). The lowest BCUT2D eigenvalue weighted by Crippen LogP contribution is -2.42. The van der Waals surface area contributed by atoms with Gasteiger partial charge in [-0.3, -0.25) is 19.3 Å². The zero-order valence-electron chi connectivity index (χ0n) is 26.6. The van der Waals surface area contributed by atoms with Crippen LogP contribution in [-0.4, -0.2) is 47.8 Å². The van der Waals surface area contributed by atoms with Gasteiger partial charge in [-0.25, -0.2) is 0 Å². The first-order valence-corrected chi connectivity index (χ1v) is 15.9. The molecule has 3 aromatic rings. The van der Waals surface area contributed by atoms with Crippen molar-refractivity contribution in [3.63, 3.8) is 0 Å². The van der Waals surface area contributed by atoms with E-state index in [9.17, 15) is 14.4 Å². The first kappa shape index (κ1) is 34.5. The molecule has 0 aliphatic carbocycles. The molecule has 1 heterocycles. The molecule has 0 saturated heterocycles. The molecule has 1 aliphatic rings. The van der Waals surface area contributed by atoms with Crippen LogP contribution in [0.2, 0.25) is 0 Å². The van der Waals surface area contributed by atoms with Gasteiger partial charge in [0.2, 0.25) is 5.91 Å². The Morgan fingerprint density at radius 3 is 2.21 bits per heavy atom. The number of hydrogen-bond acceptors (Lipinski definition) is 6. The van der Waals surface area contributed by atoms with Crippen molar-refractivity contribution < 1.29 is 23.9 Å². The Hall–Kier alpha value is -5.41. The van der Waals surface area contributed by atoms with Gasteiger partial charge in [0.25, 0.3) is 11.8 Å². The van der Waals surface area contributed by atoms with Gasteiger partial charge in [-0.1, -0.05) is 103 Å². The van der Waals surface area contributed by atoms with Gasteiger partial charge in [0.1, 0.15) is 5.57 Å². The van der Waals surface area contributed by atoms with Crippen LogP contribution in [0.4, 0.5) is 0 Å². The molecule has 8 nitrogen and oxygen atoms in total. The zero-order valence-corrected chi connectivity index (χ0v) is 27.5. The standard InChI is InChI=1S/C38H37N3O5S/c1-6-9-21-30(8-3)41-37(44)31(23-26-22-29(16-7-2)35(46-5)32(24-26)45-4)36(43)40-38(41)47-25-33(42)39-34(27-17-12-10-13-18-27)28-19-14-11-15-20-28/h6-15,17-24,34H,1-2,16,25H2,3-5H3,(H,39,42)/b21-9-,30-8+,31-23+. The first-order valence-electron chi connectivity index (χ1n) is 14.9. The van der Waals surface area contributed by atoms with Crippen molar-refractivity contribution in [1.82, 2.24) is 10.2 Å². The first-order chi connectivity index (χ1) is 22.8. The molecule has 0 bridgehead atoms. The quantitative estimate of drug-likeness (QED) is 0.0946. The summed E-state index contributed by atoms with van der Waals surface area (Å²) in [6, 6.07) is 22.4. The van der Waals surface area contributed by atoms with Crippen LogP contribution in [-0.2, 0) is 20.8 Å². The summed E-state index contributed by atoms with van der Waals surface area (Å²) >= 11 is 1.01. The molecule has 9 heteroatoms. The second kappa shape index (κ2) is 16.8. The second-order valence-electron chi connectivity index (χ2n) is 10.2. The number of carbonyl (C=O) groups excluding carboxylic acids is 3. The molecule has 1 aliphatic heterocycles. The van der Waals surface area contributed by atoms with Crippen molar-refractivity contribution in [3.8, 4) is 11.5 Å². The molecule has 1 N–H and O–H groups in total. The number of ether oxygens (including phenoxy) is 2. The summed E-state index contributed by atoms with van der Waals surface area (Å²) < 4.78 is 11.0. The third-order valence-electron chi connectivity index (χ3n) is 7.17. The summed E-state index contributed by atoms with van der Waals surface area (Å²) in [6.07, 6.45) is 10.4. The topological polar surface area (TPSA) is 97.3 Å². The number of allylic oxidation sites excluding steroid dienone is 5. The number of nitrogens with zero attached hydrogens (tertiary/aromatic N) is 2. The van der Waals surface area contributed by atoms with Crippen molar-refractivity contribution in [1.29, 1.82) is 0 Å². The fraction of sp³-hybridized carbons (Fsp3) is 0.158. The molecule has 47 heavy (non-hydrogen) atoms. The highest BCUT2D eigenvalue weighted by Gasteiger charge is 2.35. The van der Waals surface area contributed by atoms with Crippen molar-refractivity contribution in [2.24, 2.45) is 4.99 Å². The van der Waals surface area contributed by atoms with Crippen LogP contribution >= 0.6 is 11.8 Å². The zero-order chi connectivity index (χ0) is 33.8. The molecule has 0 unspecified atom stereocenters. The fourth-order valence-electron chi connectivity index (χ4n) is 5.02. The van der Waals surface area contributed by atoms with Crippen LogP contribution in [0.5, 0.6) is 11.5 Å². The van der Waals surface area contributed by atoms with E-state index in [1.165, 1.54) is 18.1 Å². The van der Waals surface area contributed by atoms with Crippen LogP contribution in [0, 0.1) is 0 Å². The summed E-state index contributed by atoms with van der Waals surface area (Å²) in [5, 5.41) is 3.18. The van der Waals surface area contributed by atoms with Crippen molar-refractivity contribution >= 4 is 40.7 Å². The van der Waals surface area contributed by atoms with E-state index < -0.39 is 11.8 Å². The summed E-state index contributed by atoms with van der Waals surface area (Å²) in [5.41, 5.74) is 3.50. The number of amidine groups is 1. The number of amides is 3. The average molecular weight is 648 g/mol. The smallest absolute Gasteiger partial charge is 0.285 e. The highest BCUT2D eigenvalue weighted by molar-refractivity contribution is 8.14. The van der Waals surface area contributed by atoms with E-state index in [-0.39, 0.29) is 28.4 Å². The maximum absolute atomic E-state index is 14.1. The summed E-state index contributed by atoms with van der Waals surface area (Å²) in [4.78, 5) is 46.5. The van der Waals surface area contributed by atoms with Crippen LogP contribution in [0.15, 0.2) is 133 Å². The van der Waals surface area contributed by atoms with Gasteiger partial charge in [-0.2, -0.15) is 4.99 Å². The lowest BCUT2D eigenvalue weighted by molar-refractivity contribution is -0.126. The van der Waals surface area contributed by atoms with Gasteiger partial charge in [-0.15, -0.1) is 6.58 Å². The number of thioether (sulfide) groups is 1. The molecule has 0 radical (unpaired) electrons. The molecule has 0 spiro atoms. The average Bonchev–Trinajstić information content (AvgIpc) is 3.09. The van der Waals surface area contributed by atoms with Gasteiger partial charge in [0, 0.05) is 11.3 Å². The van der Waals surface area contributed by atoms with E-state index in [1.807, 2.05) is 66.7 Å². The van der Waals surface area contributed by atoms with E-state index >= 15 is 0 Å². The third-order valence-corrected chi connectivity index (χ3v) is 8.10. The predicted molar refractivity (Wildman–Crippen MR) is 189 cm³/mol. The lowest BCUT2D eigenvalue weighted by Gasteiger charge is -2.28. The molecule has 0 aromatic heterocycles. The molecular weight excluding hydrogens is 611 g/mol. The normalized spacial score (nSPS) is 14.4. The number of nitrogens with one attached hydrogen (secondary N) is 1. The third kappa shape index (κ3) is 8.45. The van der Waals surface area contributed by atoms with E-state index in [0.717, 1.165) is 28.5 Å². The minimum absolute atomic E-state index is 0.0877. The Balaban J connectivity index is 1.67. The molecule has 0 atom stereocenters. The van der Waals surface area contributed by atoms with Crippen molar-refractivity contribution in [2.45, 2.75) is 19.4 Å². The van der Waals surface area contributed by atoms with Crippen LogP contribution in [0.25, 0.3) is 6.08 Å². The Kier molecular flexibility index (Phi) is 12.3. The lowest BCUT2D eigenvalue weighted by atomic mass is 9.99. The second-order valence-corrected chi connectivity index (χ2v) is 11.2. The Morgan fingerprint density at radius 2 is 1.66 bits per heavy atom. The monoisotopic (exact) mass is 647 g/mol. The van der Waals surface area contributed by atoms with Crippen molar-refractivity contribution in [3.05, 3.63) is 150 Å². The fourth-order valence-corrected chi connectivity index (χ4v) is 5.83. The van der Waals surface area contributed by atoms with E-state index in [1.54, 1.807) is 50.5 Å². The Bertz CT molecular complexity index is 1720. The van der Waals surface area contributed by atoms with Gasteiger partial charge >= 0.3 is 0 Å². The van der Waals surface area contributed by atoms with Gasteiger partial charge in [0.15, 0.2) is 16.7 Å². The van der Waals surface area contributed by atoms with E-state index in [2.05, 4.69) is 23.5 Å². The summed E-state index contributed by atoms with van der Waals surface area (Å²) in [6.45, 7) is 9.30. The number of hydrogen-bond donors (Lipinski definition) is 1. The van der Waals surface area contributed by atoms with Gasteiger partial charge < -0.3 is 14.8 Å². The number of aliphatic imine (C=N–C) groups is 1.